The zero-order valence-corrected chi connectivity index (χ0v) is 14.3. The molecule has 0 bridgehead atoms. The molecule has 0 unspecified atom stereocenters. The van der Waals surface area contributed by atoms with Crippen LogP contribution in [0.5, 0.6) is 0 Å². The first-order chi connectivity index (χ1) is 11.1. The van der Waals surface area contributed by atoms with Crippen molar-refractivity contribution < 1.29 is 0 Å². The molecule has 2 nitrogen and oxygen atoms in total. The number of fused-ring (bicyclic) bond motifs is 1. The predicted octanol–water partition coefficient (Wildman–Crippen LogP) is 5.53. The van der Waals surface area contributed by atoms with Gasteiger partial charge in [-0.2, -0.15) is 0 Å². The number of nitrogens with zero attached hydrogens (tertiary/aromatic N) is 2. The second kappa shape index (κ2) is 6.41. The van der Waals surface area contributed by atoms with Gasteiger partial charge in [0.1, 0.15) is 0 Å². The monoisotopic (exact) mass is 304 g/mol. The molecule has 3 aromatic rings. The summed E-state index contributed by atoms with van der Waals surface area (Å²) in [5, 5.41) is 2.43. The van der Waals surface area contributed by atoms with Gasteiger partial charge < -0.3 is 4.90 Å². The Morgan fingerprint density at radius 2 is 1.57 bits per heavy atom. The third kappa shape index (κ3) is 3.07. The molecule has 0 aliphatic rings. The van der Waals surface area contributed by atoms with Gasteiger partial charge in [-0.05, 0) is 51.3 Å². The molecule has 2 aromatic carbocycles. The van der Waals surface area contributed by atoms with Gasteiger partial charge >= 0.3 is 0 Å². The molecule has 1 aromatic heterocycles. The SMILES string of the molecule is CC(C)N(c1cccc(-c2nccc3ccccc23)c1)C(C)C. The van der Waals surface area contributed by atoms with Gasteiger partial charge in [-0.15, -0.1) is 0 Å². The van der Waals surface area contributed by atoms with E-state index in [0.717, 1.165) is 5.69 Å². The number of benzene rings is 2. The van der Waals surface area contributed by atoms with Gasteiger partial charge in [0.25, 0.3) is 0 Å². The predicted molar refractivity (Wildman–Crippen MR) is 99.9 cm³/mol. The molecule has 0 N–H and O–H groups in total. The summed E-state index contributed by atoms with van der Waals surface area (Å²) in [4.78, 5) is 7.09. The Hall–Kier alpha value is -2.35. The number of anilines is 1. The highest BCUT2D eigenvalue weighted by atomic mass is 15.2. The second-order valence-electron chi connectivity index (χ2n) is 6.53. The Kier molecular flexibility index (Phi) is 4.33. The first-order valence-electron chi connectivity index (χ1n) is 8.30. The molecular weight excluding hydrogens is 280 g/mol. The summed E-state index contributed by atoms with van der Waals surface area (Å²) in [6.07, 6.45) is 1.90. The third-order valence-corrected chi connectivity index (χ3v) is 4.20. The van der Waals surface area contributed by atoms with E-state index in [1.54, 1.807) is 0 Å². The Labute approximate surface area is 138 Å². The molecule has 3 rings (SSSR count). The molecule has 0 atom stereocenters. The molecule has 0 saturated carbocycles. The Morgan fingerprint density at radius 3 is 2.30 bits per heavy atom. The zero-order valence-electron chi connectivity index (χ0n) is 14.3. The van der Waals surface area contributed by atoms with Gasteiger partial charge in [-0.3, -0.25) is 4.98 Å². The van der Waals surface area contributed by atoms with Crippen molar-refractivity contribution in [3.8, 4) is 11.3 Å². The van der Waals surface area contributed by atoms with E-state index in [0.29, 0.717) is 12.1 Å². The summed E-state index contributed by atoms with van der Waals surface area (Å²) in [5.74, 6) is 0. The highest BCUT2D eigenvalue weighted by molar-refractivity contribution is 5.94. The van der Waals surface area contributed by atoms with Crippen LogP contribution >= 0.6 is 0 Å². The lowest BCUT2D eigenvalue weighted by molar-refractivity contribution is 0.608. The number of rotatable bonds is 4. The Balaban J connectivity index is 2.12. The van der Waals surface area contributed by atoms with Crippen LogP contribution in [0.4, 0.5) is 5.69 Å². The average molecular weight is 304 g/mol. The van der Waals surface area contributed by atoms with Gasteiger partial charge in [0.2, 0.25) is 0 Å². The van der Waals surface area contributed by atoms with E-state index in [1.165, 1.54) is 22.0 Å². The fourth-order valence-corrected chi connectivity index (χ4v) is 3.36. The number of aromatic nitrogens is 1. The fraction of sp³-hybridized carbons (Fsp3) is 0.286. The van der Waals surface area contributed by atoms with E-state index in [9.17, 15) is 0 Å². The summed E-state index contributed by atoms with van der Waals surface area (Å²) in [6, 6.07) is 20.2. The molecule has 0 aliphatic heterocycles. The van der Waals surface area contributed by atoms with Crippen molar-refractivity contribution >= 4 is 16.5 Å². The normalized spacial score (nSPS) is 11.4. The lowest BCUT2D eigenvalue weighted by Gasteiger charge is -2.33. The minimum absolute atomic E-state index is 0.464. The maximum absolute atomic E-state index is 4.65. The van der Waals surface area contributed by atoms with Crippen LogP contribution in [-0.4, -0.2) is 17.1 Å². The summed E-state index contributed by atoms with van der Waals surface area (Å²) < 4.78 is 0. The van der Waals surface area contributed by atoms with E-state index in [1.807, 2.05) is 6.20 Å². The maximum atomic E-state index is 4.65. The summed E-state index contributed by atoms with van der Waals surface area (Å²) in [7, 11) is 0. The summed E-state index contributed by atoms with van der Waals surface area (Å²) >= 11 is 0. The first-order valence-corrected chi connectivity index (χ1v) is 8.30. The Morgan fingerprint density at radius 1 is 0.826 bits per heavy atom. The van der Waals surface area contributed by atoms with E-state index in [4.69, 9.17) is 0 Å². The van der Waals surface area contributed by atoms with Crippen LogP contribution in [0.25, 0.3) is 22.0 Å². The largest absolute Gasteiger partial charge is 0.367 e. The van der Waals surface area contributed by atoms with Crippen molar-refractivity contribution in [3.63, 3.8) is 0 Å². The second-order valence-corrected chi connectivity index (χ2v) is 6.53. The first kappa shape index (κ1) is 15.5. The minimum Gasteiger partial charge on any atom is -0.367 e. The minimum atomic E-state index is 0.464. The van der Waals surface area contributed by atoms with Crippen molar-refractivity contribution in [1.82, 2.24) is 4.98 Å². The topological polar surface area (TPSA) is 16.1 Å². The van der Waals surface area contributed by atoms with Crippen LogP contribution in [0.3, 0.4) is 0 Å². The standard InChI is InChI=1S/C21H24N2/c1-15(2)23(16(3)4)19-10-7-9-18(14-19)21-20-11-6-5-8-17(20)12-13-22-21/h5-16H,1-4H3. The lowest BCUT2D eigenvalue weighted by Crippen LogP contribution is -2.36. The lowest BCUT2D eigenvalue weighted by atomic mass is 10.0. The Bertz CT molecular complexity index is 792. The molecule has 0 fully saturated rings. The smallest absolute Gasteiger partial charge is 0.0781 e. The van der Waals surface area contributed by atoms with Gasteiger partial charge in [0.15, 0.2) is 0 Å². The molecule has 0 spiro atoms. The molecular formula is C21H24N2. The van der Waals surface area contributed by atoms with Gasteiger partial charge in [-0.25, -0.2) is 0 Å². The van der Waals surface area contributed by atoms with E-state index < -0.39 is 0 Å². The highest BCUT2D eigenvalue weighted by Crippen LogP contribution is 2.30. The van der Waals surface area contributed by atoms with Crippen molar-refractivity contribution in [3.05, 3.63) is 60.8 Å². The van der Waals surface area contributed by atoms with Crippen molar-refractivity contribution in [2.75, 3.05) is 4.90 Å². The summed E-state index contributed by atoms with van der Waals surface area (Å²) in [6.45, 7) is 8.96. The van der Waals surface area contributed by atoms with Crippen molar-refractivity contribution in [2.45, 2.75) is 39.8 Å². The molecule has 23 heavy (non-hydrogen) atoms. The van der Waals surface area contributed by atoms with Crippen LogP contribution in [0.15, 0.2) is 60.8 Å². The molecule has 1 heterocycles. The van der Waals surface area contributed by atoms with Crippen LogP contribution < -0.4 is 4.90 Å². The van der Waals surface area contributed by atoms with Gasteiger partial charge in [-0.1, -0.05) is 36.4 Å². The average Bonchev–Trinajstić information content (AvgIpc) is 2.54. The van der Waals surface area contributed by atoms with Crippen LogP contribution in [0.2, 0.25) is 0 Å². The number of hydrogen-bond donors (Lipinski definition) is 0. The molecule has 0 amide bonds. The van der Waals surface area contributed by atoms with Crippen molar-refractivity contribution in [1.29, 1.82) is 0 Å². The fourth-order valence-electron chi connectivity index (χ4n) is 3.36. The summed E-state index contributed by atoms with van der Waals surface area (Å²) in [5.41, 5.74) is 3.48. The highest BCUT2D eigenvalue weighted by Gasteiger charge is 2.15. The zero-order chi connectivity index (χ0) is 16.4. The molecule has 0 saturated heterocycles. The van der Waals surface area contributed by atoms with Gasteiger partial charge in [0.05, 0.1) is 5.69 Å². The number of pyridine rings is 1. The van der Waals surface area contributed by atoms with E-state index >= 15 is 0 Å². The molecule has 0 radical (unpaired) electrons. The third-order valence-electron chi connectivity index (χ3n) is 4.20. The maximum Gasteiger partial charge on any atom is 0.0781 e. The van der Waals surface area contributed by atoms with Crippen LogP contribution in [-0.2, 0) is 0 Å². The van der Waals surface area contributed by atoms with Crippen molar-refractivity contribution in [2.24, 2.45) is 0 Å². The van der Waals surface area contributed by atoms with Gasteiger partial charge in [0, 0.05) is 34.9 Å². The number of hydrogen-bond acceptors (Lipinski definition) is 2. The quantitative estimate of drug-likeness (QED) is 0.630. The van der Waals surface area contributed by atoms with Crippen LogP contribution in [0, 0.1) is 0 Å². The van der Waals surface area contributed by atoms with E-state index in [-0.39, 0.29) is 0 Å². The van der Waals surface area contributed by atoms with Crippen LogP contribution in [0.1, 0.15) is 27.7 Å². The molecule has 118 valence electrons. The molecule has 2 heteroatoms. The van der Waals surface area contributed by atoms with E-state index in [2.05, 4.69) is 92.2 Å². The molecule has 0 aliphatic carbocycles.